The van der Waals surface area contributed by atoms with Crippen molar-refractivity contribution in [1.82, 2.24) is 9.62 Å². The summed E-state index contributed by atoms with van der Waals surface area (Å²) in [5.41, 5.74) is 6.44. The first kappa shape index (κ1) is 22.1. The van der Waals surface area contributed by atoms with Crippen molar-refractivity contribution in [2.24, 2.45) is 23.5 Å². The van der Waals surface area contributed by atoms with E-state index in [0.29, 0.717) is 43.0 Å². The van der Waals surface area contributed by atoms with E-state index in [-0.39, 0.29) is 29.3 Å². The number of amides is 1. The maximum Gasteiger partial charge on any atom is 0.251 e. The molecule has 0 radical (unpaired) electrons. The van der Waals surface area contributed by atoms with Crippen molar-refractivity contribution in [3.05, 3.63) is 29.8 Å². The van der Waals surface area contributed by atoms with Gasteiger partial charge >= 0.3 is 0 Å². The van der Waals surface area contributed by atoms with Gasteiger partial charge in [0, 0.05) is 31.2 Å². The third kappa shape index (κ3) is 5.44. The van der Waals surface area contributed by atoms with Crippen LogP contribution in [0.4, 0.5) is 0 Å². The van der Waals surface area contributed by atoms with Crippen molar-refractivity contribution < 1.29 is 13.2 Å². The zero-order chi connectivity index (χ0) is 18.9. The van der Waals surface area contributed by atoms with Gasteiger partial charge in [-0.05, 0) is 61.3 Å². The van der Waals surface area contributed by atoms with E-state index in [4.69, 9.17) is 5.73 Å². The molecule has 6 nitrogen and oxygen atoms in total. The minimum Gasteiger partial charge on any atom is -0.350 e. The van der Waals surface area contributed by atoms with Gasteiger partial charge in [0.1, 0.15) is 0 Å². The molecule has 1 aromatic rings. The Bertz CT molecular complexity index is 740. The third-order valence-corrected chi connectivity index (χ3v) is 7.16. The first-order chi connectivity index (χ1) is 12.3. The van der Waals surface area contributed by atoms with Crippen LogP contribution in [0.2, 0.25) is 0 Å². The molecule has 3 N–H and O–H groups in total. The van der Waals surface area contributed by atoms with E-state index in [1.54, 1.807) is 16.4 Å². The van der Waals surface area contributed by atoms with Crippen molar-refractivity contribution in [2.75, 3.05) is 19.6 Å². The average Bonchev–Trinajstić information content (AvgIpc) is 3.43. The molecule has 0 bridgehead atoms. The van der Waals surface area contributed by atoms with Crippen LogP contribution in [-0.4, -0.2) is 44.3 Å². The fourth-order valence-electron chi connectivity index (χ4n) is 3.73. The van der Waals surface area contributed by atoms with Gasteiger partial charge in [-0.1, -0.05) is 13.8 Å². The number of sulfonamides is 1. The molecule has 1 amide bonds. The number of nitrogens with two attached hydrogens (primary N) is 1. The number of rotatable bonds is 6. The summed E-state index contributed by atoms with van der Waals surface area (Å²) in [5.74, 6) is 1.02. The molecule has 2 aliphatic rings. The van der Waals surface area contributed by atoms with Gasteiger partial charge in [-0.25, -0.2) is 8.42 Å². The largest absolute Gasteiger partial charge is 0.350 e. The Labute approximate surface area is 168 Å². The van der Waals surface area contributed by atoms with Crippen molar-refractivity contribution in [2.45, 2.75) is 44.0 Å². The van der Waals surface area contributed by atoms with Crippen molar-refractivity contribution in [1.29, 1.82) is 0 Å². The Morgan fingerprint density at radius 3 is 2.26 bits per heavy atom. The predicted octanol–water partition coefficient (Wildman–Crippen LogP) is 2.24. The molecular weight excluding hydrogens is 386 g/mol. The van der Waals surface area contributed by atoms with Crippen LogP contribution in [0.25, 0.3) is 0 Å². The van der Waals surface area contributed by atoms with E-state index in [2.05, 4.69) is 19.2 Å². The van der Waals surface area contributed by atoms with E-state index in [9.17, 15) is 13.2 Å². The van der Waals surface area contributed by atoms with Gasteiger partial charge in [0.25, 0.3) is 5.91 Å². The van der Waals surface area contributed by atoms with Crippen LogP contribution in [0.15, 0.2) is 29.2 Å². The standard InChI is InChI=1S/C19H29N3O3S.ClH/c1-13-9-14(2)12-22(11-13)26(24,25)17-7-5-16(6-8-17)19(23)21-10-18(20)15-3-4-15;/h5-8,13-15,18H,3-4,9-12,20H2,1-2H3,(H,21,23);1H. The lowest BCUT2D eigenvalue weighted by Gasteiger charge is -2.34. The highest BCUT2D eigenvalue weighted by atomic mass is 35.5. The van der Waals surface area contributed by atoms with Crippen LogP contribution in [0.1, 0.15) is 43.5 Å². The molecule has 1 saturated heterocycles. The van der Waals surface area contributed by atoms with Crippen LogP contribution in [-0.2, 0) is 10.0 Å². The number of carbonyl (C=O) groups is 1. The molecule has 1 aliphatic carbocycles. The Hall–Kier alpha value is -1.15. The predicted molar refractivity (Wildman–Crippen MR) is 108 cm³/mol. The van der Waals surface area contributed by atoms with E-state index in [1.165, 1.54) is 12.1 Å². The summed E-state index contributed by atoms with van der Waals surface area (Å²) in [5, 5.41) is 2.83. The minimum atomic E-state index is -3.52. The number of benzene rings is 1. The normalized spacial score (nSPS) is 24.7. The van der Waals surface area contributed by atoms with Crippen LogP contribution >= 0.6 is 12.4 Å². The number of hydrogen-bond acceptors (Lipinski definition) is 4. The summed E-state index contributed by atoms with van der Waals surface area (Å²) in [4.78, 5) is 12.5. The summed E-state index contributed by atoms with van der Waals surface area (Å²) in [6.45, 7) is 5.71. The van der Waals surface area contributed by atoms with Gasteiger partial charge in [-0.3, -0.25) is 4.79 Å². The van der Waals surface area contributed by atoms with E-state index in [0.717, 1.165) is 19.3 Å². The van der Waals surface area contributed by atoms with Crippen LogP contribution in [0, 0.1) is 17.8 Å². The Morgan fingerprint density at radius 2 is 1.74 bits per heavy atom. The molecule has 3 rings (SSSR count). The SMILES string of the molecule is CC1CC(C)CN(S(=O)(=O)c2ccc(C(=O)NCC(N)C3CC3)cc2)C1.Cl. The number of halogens is 1. The highest BCUT2D eigenvalue weighted by Gasteiger charge is 2.32. The Morgan fingerprint density at radius 1 is 1.19 bits per heavy atom. The lowest BCUT2D eigenvalue weighted by Crippen LogP contribution is -2.42. The van der Waals surface area contributed by atoms with Gasteiger partial charge in [-0.15, -0.1) is 12.4 Å². The molecule has 1 heterocycles. The van der Waals surface area contributed by atoms with Gasteiger partial charge in [0.15, 0.2) is 0 Å². The van der Waals surface area contributed by atoms with Crippen molar-refractivity contribution >= 4 is 28.3 Å². The van der Waals surface area contributed by atoms with Gasteiger partial charge in [0.2, 0.25) is 10.0 Å². The second kappa shape index (κ2) is 8.90. The fraction of sp³-hybridized carbons (Fsp3) is 0.632. The van der Waals surface area contributed by atoms with Gasteiger partial charge < -0.3 is 11.1 Å². The summed E-state index contributed by atoms with van der Waals surface area (Å²) in [6.07, 6.45) is 3.32. The highest BCUT2D eigenvalue weighted by molar-refractivity contribution is 7.89. The zero-order valence-corrected chi connectivity index (χ0v) is 17.6. The average molecular weight is 416 g/mol. The Kier molecular flexibility index (Phi) is 7.30. The minimum absolute atomic E-state index is 0. The lowest BCUT2D eigenvalue weighted by molar-refractivity contribution is 0.0950. The maximum absolute atomic E-state index is 12.9. The molecule has 8 heteroatoms. The maximum atomic E-state index is 12.9. The van der Waals surface area contributed by atoms with Gasteiger partial charge in [-0.2, -0.15) is 4.31 Å². The summed E-state index contributed by atoms with van der Waals surface area (Å²) in [6, 6.07) is 6.19. The van der Waals surface area contributed by atoms with E-state index in [1.807, 2.05) is 0 Å². The number of nitrogens with one attached hydrogen (secondary N) is 1. The molecule has 2 fully saturated rings. The van der Waals surface area contributed by atoms with Crippen LogP contribution in [0.3, 0.4) is 0 Å². The lowest BCUT2D eigenvalue weighted by atomic mass is 9.94. The molecule has 1 aliphatic heterocycles. The summed E-state index contributed by atoms with van der Waals surface area (Å²) in [7, 11) is -3.52. The van der Waals surface area contributed by atoms with E-state index >= 15 is 0 Å². The highest BCUT2D eigenvalue weighted by Crippen LogP contribution is 2.31. The quantitative estimate of drug-likeness (QED) is 0.745. The third-order valence-electron chi connectivity index (χ3n) is 5.32. The molecule has 1 aromatic carbocycles. The molecule has 1 saturated carbocycles. The van der Waals surface area contributed by atoms with Crippen LogP contribution < -0.4 is 11.1 Å². The first-order valence-electron chi connectivity index (χ1n) is 9.41. The van der Waals surface area contributed by atoms with Crippen molar-refractivity contribution in [3.8, 4) is 0 Å². The molecule has 3 unspecified atom stereocenters. The molecule has 0 spiro atoms. The van der Waals surface area contributed by atoms with Crippen molar-refractivity contribution in [3.63, 3.8) is 0 Å². The topological polar surface area (TPSA) is 92.5 Å². The second-order valence-electron chi connectivity index (χ2n) is 8.00. The van der Waals surface area contributed by atoms with E-state index < -0.39 is 10.0 Å². The molecule has 3 atom stereocenters. The fourth-order valence-corrected chi connectivity index (χ4v) is 5.41. The van der Waals surface area contributed by atoms with Crippen LogP contribution in [0.5, 0.6) is 0 Å². The number of piperidine rings is 1. The summed E-state index contributed by atoms with van der Waals surface area (Å²) >= 11 is 0. The first-order valence-corrected chi connectivity index (χ1v) is 10.9. The zero-order valence-electron chi connectivity index (χ0n) is 15.9. The smallest absolute Gasteiger partial charge is 0.251 e. The molecule has 27 heavy (non-hydrogen) atoms. The number of hydrogen-bond donors (Lipinski definition) is 2. The Balaban J connectivity index is 0.00000261. The second-order valence-corrected chi connectivity index (χ2v) is 9.94. The van der Waals surface area contributed by atoms with Gasteiger partial charge in [0.05, 0.1) is 4.90 Å². The monoisotopic (exact) mass is 415 g/mol. The molecule has 0 aromatic heterocycles. The number of nitrogens with zero attached hydrogens (tertiary/aromatic N) is 1. The number of carbonyl (C=O) groups excluding carboxylic acids is 1. The molecule has 152 valence electrons. The summed E-state index contributed by atoms with van der Waals surface area (Å²) < 4.78 is 27.3. The molecular formula is C19H30ClN3O3S.